The highest BCUT2D eigenvalue weighted by molar-refractivity contribution is 5.98. The van der Waals surface area contributed by atoms with Crippen LogP contribution in [0.4, 0.5) is 0 Å². The Bertz CT molecular complexity index is 603. The lowest BCUT2D eigenvalue weighted by atomic mass is 10.0. The lowest BCUT2D eigenvalue weighted by Crippen LogP contribution is -2.00. The van der Waals surface area contributed by atoms with Gasteiger partial charge in [0.2, 0.25) is 0 Å². The number of rotatable bonds is 20. The van der Waals surface area contributed by atoms with Crippen LogP contribution >= 0.6 is 0 Å². The van der Waals surface area contributed by atoms with Gasteiger partial charge in [0, 0.05) is 6.42 Å². The summed E-state index contributed by atoms with van der Waals surface area (Å²) in [5, 5.41) is 10.0. The molecule has 0 saturated heterocycles. The zero-order valence-electron chi connectivity index (χ0n) is 20.5. The molecule has 0 atom stereocenters. The van der Waals surface area contributed by atoms with Crippen LogP contribution < -0.4 is 0 Å². The molecule has 1 aromatic carbocycles. The molecule has 2 heteroatoms. The van der Waals surface area contributed by atoms with Crippen molar-refractivity contribution < 1.29 is 9.90 Å². The largest absolute Gasteiger partial charge is 0.507 e. The highest BCUT2D eigenvalue weighted by atomic mass is 16.3. The van der Waals surface area contributed by atoms with Gasteiger partial charge in [-0.2, -0.15) is 0 Å². The van der Waals surface area contributed by atoms with Crippen LogP contribution in [0.5, 0.6) is 5.75 Å². The van der Waals surface area contributed by atoms with Gasteiger partial charge in [0.15, 0.2) is 5.78 Å². The molecule has 0 aliphatic carbocycles. The number of carbonyl (C=O) groups is 1. The van der Waals surface area contributed by atoms with Crippen LogP contribution in [0, 0.1) is 6.92 Å². The smallest absolute Gasteiger partial charge is 0.166 e. The van der Waals surface area contributed by atoms with E-state index in [1.165, 1.54) is 96.3 Å². The molecule has 0 spiro atoms. The van der Waals surface area contributed by atoms with Crippen molar-refractivity contribution in [3.63, 3.8) is 0 Å². The number of allylic oxidation sites excluding steroid dienone is 2. The molecule has 0 fully saturated rings. The van der Waals surface area contributed by atoms with Crippen LogP contribution in [-0.2, 0) is 0 Å². The van der Waals surface area contributed by atoms with Crippen LogP contribution in [0.2, 0.25) is 0 Å². The van der Waals surface area contributed by atoms with Crippen LogP contribution in [0.3, 0.4) is 0 Å². The second-order valence-electron chi connectivity index (χ2n) is 9.14. The highest BCUT2D eigenvalue weighted by Gasteiger charge is 2.11. The molecule has 0 unspecified atom stereocenters. The third-order valence-corrected chi connectivity index (χ3v) is 6.20. The standard InChI is InChI=1S/C29H48O2/c1-3-4-5-6-7-8-9-10-11-12-13-14-15-16-17-18-19-20-21-25-28(30)27-24-22-23-26(2)29(27)31/h10-11,22-24,31H,3-9,12-21,25H2,1-2H3. The summed E-state index contributed by atoms with van der Waals surface area (Å²) in [5.74, 6) is 0.225. The Morgan fingerprint density at radius 1 is 0.742 bits per heavy atom. The predicted octanol–water partition coefficient (Wildman–Crippen LogP) is 9.48. The number of hydrogen-bond donors (Lipinski definition) is 1. The first-order valence-corrected chi connectivity index (χ1v) is 13.1. The van der Waals surface area contributed by atoms with E-state index in [0.717, 1.165) is 18.4 Å². The van der Waals surface area contributed by atoms with E-state index in [4.69, 9.17) is 0 Å². The number of carbonyl (C=O) groups excluding carboxylic acids is 1. The van der Waals surface area contributed by atoms with Gasteiger partial charge in [0.25, 0.3) is 0 Å². The maximum atomic E-state index is 12.2. The van der Waals surface area contributed by atoms with Gasteiger partial charge in [-0.05, 0) is 50.7 Å². The summed E-state index contributed by atoms with van der Waals surface area (Å²) in [6.45, 7) is 4.11. The fourth-order valence-electron chi connectivity index (χ4n) is 4.08. The van der Waals surface area contributed by atoms with Crippen molar-refractivity contribution in [2.24, 2.45) is 0 Å². The number of phenolic OH excluding ortho intramolecular Hbond substituents is 1. The number of phenols is 1. The molecular weight excluding hydrogens is 380 g/mol. The first-order valence-electron chi connectivity index (χ1n) is 13.1. The fraction of sp³-hybridized carbons (Fsp3) is 0.690. The molecule has 31 heavy (non-hydrogen) atoms. The van der Waals surface area contributed by atoms with Gasteiger partial charge >= 0.3 is 0 Å². The fourth-order valence-corrected chi connectivity index (χ4v) is 4.08. The number of ketones is 1. The summed E-state index contributed by atoms with van der Waals surface area (Å²) in [6.07, 6.45) is 27.4. The van der Waals surface area contributed by atoms with Gasteiger partial charge in [-0.15, -0.1) is 0 Å². The normalized spacial score (nSPS) is 11.4. The molecule has 0 aliphatic heterocycles. The van der Waals surface area contributed by atoms with Gasteiger partial charge in [-0.1, -0.05) is 108 Å². The zero-order valence-corrected chi connectivity index (χ0v) is 20.5. The Morgan fingerprint density at radius 3 is 1.77 bits per heavy atom. The van der Waals surface area contributed by atoms with Gasteiger partial charge in [0.05, 0.1) is 5.56 Å². The third kappa shape index (κ3) is 14.2. The number of aryl methyl sites for hydroxylation is 1. The molecule has 0 bridgehead atoms. The lowest BCUT2D eigenvalue weighted by Gasteiger charge is -2.06. The van der Waals surface area contributed by atoms with Crippen LogP contribution in [-0.4, -0.2) is 10.9 Å². The average Bonchev–Trinajstić information content (AvgIpc) is 2.77. The van der Waals surface area contributed by atoms with Crippen molar-refractivity contribution in [3.8, 4) is 5.75 Å². The number of aromatic hydroxyl groups is 1. The minimum Gasteiger partial charge on any atom is -0.507 e. The Labute approximate surface area is 192 Å². The molecule has 1 aromatic rings. The maximum Gasteiger partial charge on any atom is 0.166 e. The second-order valence-corrected chi connectivity index (χ2v) is 9.14. The summed E-state index contributed by atoms with van der Waals surface area (Å²) in [7, 11) is 0. The van der Waals surface area contributed by atoms with E-state index in [9.17, 15) is 9.90 Å². The number of benzene rings is 1. The summed E-state index contributed by atoms with van der Waals surface area (Å²) < 4.78 is 0. The summed E-state index contributed by atoms with van der Waals surface area (Å²) in [4.78, 5) is 12.2. The SMILES string of the molecule is CCCCCCCCC=CCCCCCCCCCCCC(=O)c1cccc(C)c1O. The molecule has 0 amide bonds. The van der Waals surface area contributed by atoms with Crippen molar-refractivity contribution in [2.75, 3.05) is 0 Å². The maximum absolute atomic E-state index is 12.2. The van der Waals surface area contributed by atoms with Crippen LogP contribution in [0.1, 0.15) is 138 Å². The number of hydrogen-bond acceptors (Lipinski definition) is 2. The molecule has 176 valence electrons. The third-order valence-electron chi connectivity index (χ3n) is 6.20. The van der Waals surface area contributed by atoms with E-state index in [0.29, 0.717) is 12.0 Å². The predicted molar refractivity (Wildman–Crippen MR) is 135 cm³/mol. The van der Waals surface area contributed by atoms with Crippen molar-refractivity contribution in [1.29, 1.82) is 0 Å². The van der Waals surface area contributed by atoms with Gasteiger partial charge in [-0.3, -0.25) is 4.79 Å². The Balaban J connectivity index is 1.85. The van der Waals surface area contributed by atoms with E-state index < -0.39 is 0 Å². The van der Waals surface area contributed by atoms with E-state index in [2.05, 4.69) is 19.1 Å². The molecular formula is C29H48O2. The zero-order chi connectivity index (χ0) is 22.6. The number of unbranched alkanes of at least 4 members (excludes halogenated alkanes) is 15. The van der Waals surface area contributed by atoms with Crippen molar-refractivity contribution in [3.05, 3.63) is 41.5 Å². The van der Waals surface area contributed by atoms with E-state index in [-0.39, 0.29) is 11.5 Å². The molecule has 0 radical (unpaired) electrons. The topological polar surface area (TPSA) is 37.3 Å². The minimum atomic E-state index is 0.0715. The number of para-hydroxylation sites is 1. The number of Topliss-reactive ketones (excluding diaryl/α,β-unsaturated/α-hetero) is 1. The van der Waals surface area contributed by atoms with Crippen molar-refractivity contribution in [1.82, 2.24) is 0 Å². The Morgan fingerprint density at radius 2 is 1.23 bits per heavy atom. The van der Waals surface area contributed by atoms with E-state index in [1.807, 2.05) is 19.1 Å². The summed E-state index contributed by atoms with van der Waals surface area (Å²) >= 11 is 0. The lowest BCUT2D eigenvalue weighted by molar-refractivity contribution is 0.0976. The van der Waals surface area contributed by atoms with Gasteiger partial charge < -0.3 is 5.11 Å². The molecule has 1 N–H and O–H groups in total. The first kappa shape index (κ1) is 27.5. The van der Waals surface area contributed by atoms with Gasteiger partial charge in [-0.25, -0.2) is 0 Å². The molecule has 2 nitrogen and oxygen atoms in total. The van der Waals surface area contributed by atoms with E-state index >= 15 is 0 Å². The van der Waals surface area contributed by atoms with Crippen molar-refractivity contribution in [2.45, 2.75) is 129 Å². The van der Waals surface area contributed by atoms with Crippen LogP contribution in [0.15, 0.2) is 30.4 Å². The minimum absolute atomic E-state index is 0.0715. The molecule has 1 rings (SSSR count). The Kier molecular flexibility index (Phi) is 17.0. The summed E-state index contributed by atoms with van der Waals surface area (Å²) in [6, 6.07) is 5.41. The van der Waals surface area contributed by atoms with E-state index in [1.54, 1.807) is 6.07 Å². The highest BCUT2D eigenvalue weighted by Crippen LogP contribution is 2.23. The first-order chi connectivity index (χ1) is 15.2. The molecule has 0 aromatic heterocycles. The van der Waals surface area contributed by atoms with Gasteiger partial charge in [0.1, 0.15) is 5.75 Å². The molecule has 0 saturated carbocycles. The van der Waals surface area contributed by atoms with Crippen molar-refractivity contribution >= 4 is 5.78 Å². The average molecular weight is 429 g/mol. The second kappa shape index (κ2) is 19.1. The molecule has 0 heterocycles. The Hall–Kier alpha value is -1.57. The van der Waals surface area contributed by atoms with Crippen LogP contribution in [0.25, 0.3) is 0 Å². The monoisotopic (exact) mass is 428 g/mol. The molecule has 0 aliphatic rings. The quantitative estimate of drug-likeness (QED) is 0.127. The summed E-state index contributed by atoms with van der Waals surface area (Å²) in [5.41, 5.74) is 1.26.